The Morgan fingerprint density at radius 3 is 2.35 bits per heavy atom. The molecule has 0 saturated heterocycles. The van der Waals surface area contributed by atoms with Gasteiger partial charge >= 0.3 is 0 Å². The van der Waals surface area contributed by atoms with Crippen LogP contribution in [0.2, 0.25) is 0 Å². The second-order valence-corrected chi connectivity index (χ2v) is 8.11. The van der Waals surface area contributed by atoms with E-state index in [0.717, 1.165) is 24.5 Å². The fourth-order valence-corrected chi connectivity index (χ4v) is 3.89. The molecule has 2 N–H and O–H groups in total. The molecule has 20 heavy (non-hydrogen) atoms. The van der Waals surface area contributed by atoms with Gasteiger partial charge in [0.15, 0.2) is 0 Å². The number of anilines is 1. The lowest BCUT2D eigenvalue weighted by Gasteiger charge is -2.08. The van der Waals surface area contributed by atoms with E-state index in [-0.39, 0.29) is 5.69 Å². The molecule has 0 bridgehead atoms. The van der Waals surface area contributed by atoms with Crippen LogP contribution in [0.4, 0.5) is 11.4 Å². The summed E-state index contributed by atoms with van der Waals surface area (Å²) >= 11 is 0. The molecule has 0 spiro atoms. The van der Waals surface area contributed by atoms with E-state index in [0.29, 0.717) is 0 Å². The van der Waals surface area contributed by atoms with Crippen molar-refractivity contribution in [1.82, 2.24) is 0 Å². The number of sulfonamides is 1. The fourth-order valence-electron chi connectivity index (χ4n) is 1.20. The SMILES string of the molecule is CS(=O)(=O)CCS(=O)(=O)Nc1cc([N+](=O)[O-])ccc1O. The number of nitrogens with one attached hydrogen (secondary N) is 1. The third kappa shape index (κ3) is 5.01. The maximum atomic E-state index is 11.6. The number of nitro groups is 1. The molecular formula is C9H12N2O7S2. The van der Waals surface area contributed by atoms with Gasteiger partial charge in [0.25, 0.3) is 5.69 Å². The third-order valence-electron chi connectivity index (χ3n) is 2.18. The summed E-state index contributed by atoms with van der Waals surface area (Å²) in [7, 11) is -7.52. The lowest BCUT2D eigenvalue weighted by molar-refractivity contribution is -0.384. The van der Waals surface area contributed by atoms with E-state index in [1.54, 1.807) is 0 Å². The van der Waals surface area contributed by atoms with E-state index in [1.165, 1.54) is 0 Å². The van der Waals surface area contributed by atoms with Crippen LogP contribution in [0.15, 0.2) is 18.2 Å². The minimum atomic E-state index is -4.04. The molecule has 0 fully saturated rings. The Morgan fingerprint density at radius 2 is 1.85 bits per heavy atom. The number of phenols is 1. The smallest absolute Gasteiger partial charge is 0.271 e. The topological polar surface area (TPSA) is 144 Å². The average molecular weight is 324 g/mol. The van der Waals surface area contributed by atoms with Crippen LogP contribution in [0.25, 0.3) is 0 Å². The van der Waals surface area contributed by atoms with Crippen LogP contribution in [-0.2, 0) is 19.9 Å². The van der Waals surface area contributed by atoms with Gasteiger partial charge in [-0.25, -0.2) is 16.8 Å². The van der Waals surface area contributed by atoms with E-state index >= 15 is 0 Å². The highest BCUT2D eigenvalue weighted by molar-refractivity contribution is 7.95. The number of phenolic OH excluding ortho intramolecular Hbond substituents is 1. The molecule has 0 aromatic heterocycles. The van der Waals surface area contributed by atoms with Gasteiger partial charge in [-0.3, -0.25) is 14.8 Å². The molecular weight excluding hydrogens is 312 g/mol. The Labute approximate surface area is 115 Å². The highest BCUT2D eigenvalue weighted by Gasteiger charge is 2.18. The van der Waals surface area contributed by atoms with Crippen LogP contribution in [0.1, 0.15) is 0 Å². The number of hydrogen-bond acceptors (Lipinski definition) is 7. The van der Waals surface area contributed by atoms with Crippen molar-refractivity contribution in [1.29, 1.82) is 0 Å². The Kier molecular flexibility index (Phi) is 4.55. The van der Waals surface area contributed by atoms with E-state index in [1.807, 2.05) is 4.72 Å². The molecule has 9 nitrogen and oxygen atoms in total. The zero-order valence-electron chi connectivity index (χ0n) is 10.3. The molecule has 112 valence electrons. The average Bonchev–Trinajstić information content (AvgIpc) is 2.28. The zero-order chi connectivity index (χ0) is 15.6. The second-order valence-electron chi connectivity index (χ2n) is 4.01. The van der Waals surface area contributed by atoms with Crippen molar-refractivity contribution in [3.63, 3.8) is 0 Å². The molecule has 0 unspecified atom stereocenters. The van der Waals surface area contributed by atoms with Crippen molar-refractivity contribution < 1.29 is 26.9 Å². The number of benzene rings is 1. The summed E-state index contributed by atoms with van der Waals surface area (Å²) in [6.07, 6.45) is 0.882. The van der Waals surface area contributed by atoms with Crippen molar-refractivity contribution in [3.05, 3.63) is 28.3 Å². The first-order chi connectivity index (χ1) is 9.00. The minimum absolute atomic E-state index is 0.382. The summed E-state index contributed by atoms with van der Waals surface area (Å²) in [5.74, 6) is -1.81. The predicted molar refractivity (Wildman–Crippen MR) is 71.9 cm³/mol. The summed E-state index contributed by atoms with van der Waals surface area (Å²) in [6.45, 7) is 0. The van der Waals surface area contributed by atoms with Gasteiger partial charge in [-0.05, 0) is 6.07 Å². The lowest BCUT2D eigenvalue weighted by Crippen LogP contribution is -2.22. The largest absolute Gasteiger partial charge is 0.506 e. The number of aromatic hydroxyl groups is 1. The van der Waals surface area contributed by atoms with E-state index in [9.17, 15) is 32.1 Å². The predicted octanol–water partition coefficient (Wildman–Crippen LogP) is 0.0867. The Hall–Kier alpha value is -1.88. The number of non-ortho nitro benzene ring substituents is 1. The Bertz CT molecular complexity index is 725. The van der Waals surface area contributed by atoms with Gasteiger partial charge in [-0.15, -0.1) is 0 Å². The minimum Gasteiger partial charge on any atom is -0.506 e. The van der Waals surface area contributed by atoms with Crippen LogP contribution in [0.3, 0.4) is 0 Å². The molecule has 1 rings (SSSR count). The summed E-state index contributed by atoms with van der Waals surface area (Å²) in [4.78, 5) is 9.80. The number of nitro benzene ring substituents is 1. The first kappa shape index (κ1) is 16.2. The molecule has 0 aliphatic rings. The normalized spacial score (nSPS) is 12.1. The van der Waals surface area contributed by atoms with E-state index in [4.69, 9.17) is 0 Å². The molecule has 0 aliphatic carbocycles. The number of hydrogen-bond donors (Lipinski definition) is 2. The Balaban J connectivity index is 2.97. The summed E-state index contributed by atoms with van der Waals surface area (Å²) in [5, 5.41) is 20.0. The molecule has 0 atom stereocenters. The van der Waals surface area contributed by atoms with E-state index in [2.05, 4.69) is 0 Å². The van der Waals surface area contributed by atoms with Gasteiger partial charge in [-0.2, -0.15) is 0 Å². The zero-order valence-corrected chi connectivity index (χ0v) is 11.9. The second kappa shape index (κ2) is 5.63. The van der Waals surface area contributed by atoms with Crippen molar-refractivity contribution in [2.45, 2.75) is 0 Å². The van der Waals surface area contributed by atoms with E-state index < -0.39 is 47.7 Å². The van der Waals surface area contributed by atoms with Crippen molar-refractivity contribution in [2.24, 2.45) is 0 Å². The van der Waals surface area contributed by atoms with Gasteiger partial charge in [0.2, 0.25) is 10.0 Å². The van der Waals surface area contributed by atoms with Crippen molar-refractivity contribution in [2.75, 3.05) is 22.5 Å². The van der Waals surface area contributed by atoms with Gasteiger partial charge in [0.1, 0.15) is 15.6 Å². The molecule has 0 heterocycles. The first-order valence-electron chi connectivity index (χ1n) is 5.16. The maximum absolute atomic E-state index is 11.6. The number of rotatable bonds is 6. The molecule has 0 amide bonds. The van der Waals surface area contributed by atoms with Crippen LogP contribution < -0.4 is 4.72 Å². The lowest BCUT2D eigenvalue weighted by atomic mass is 10.2. The Morgan fingerprint density at radius 1 is 1.25 bits per heavy atom. The molecule has 0 radical (unpaired) electrons. The number of sulfone groups is 1. The quantitative estimate of drug-likeness (QED) is 0.428. The molecule has 1 aromatic rings. The number of nitrogens with zero attached hydrogens (tertiary/aromatic N) is 1. The van der Waals surface area contributed by atoms with Crippen molar-refractivity contribution in [3.8, 4) is 5.75 Å². The third-order valence-corrected chi connectivity index (χ3v) is 4.66. The highest BCUT2D eigenvalue weighted by atomic mass is 32.2. The first-order valence-corrected chi connectivity index (χ1v) is 8.87. The van der Waals surface area contributed by atoms with Gasteiger partial charge in [0, 0.05) is 18.4 Å². The van der Waals surface area contributed by atoms with Crippen LogP contribution >= 0.6 is 0 Å². The molecule has 11 heteroatoms. The summed E-state index contributed by atoms with van der Waals surface area (Å²) in [5.41, 5.74) is -0.795. The van der Waals surface area contributed by atoms with Gasteiger partial charge in [0.05, 0.1) is 22.1 Å². The molecule has 0 aliphatic heterocycles. The molecule has 0 saturated carbocycles. The summed E-state index contributed by atoms with van der Waals surface area (Å²) < 4.78 is 47.0. The van der Waals surface area contributed by atoms with Gasteiger partial charge < -0.3 is 5.11 Å². The monoisotopic (exact) mass is 324 g/mol. The summed E-state index contributed by atoms with van der Waals surface area (Å²) in [6, 6.07) is 2.81. The van der Waals surface area contributed by atoms with Crippen LogP contribution in [0.5, 0.6) is 5.75 Å². The standard InChI is InChI=1S/C9H12N2O7S2/c1-19(15,16)4-5-20(17,18)10-8-6-7(11(13)14)2-3-9(8)12/h2-3,6,10,12H,4-5H2,1H3. The molecule has 1 aromatic carbocycles. The highest BCUT2D eigenvalue weighted by Crippen LogP contribution is 2.28. The maximum Gasteiger partial charge on any atom is 0.271 e. The van der Waals surface area contributed by atoms with Gasteiger partial charge in [-0.1, -0.05) is 0 Å². The fraction of sp³-hybridized carbons (Fsp3) is 0.333. The van der Waals surface area contributed by atoms with Crippen molar-refractivity contribution >= 4 is 31.2 Å². The van der Waals surface area contributed by atoms with Crippen LogP contribution in [0, 0.1) is 10.1 Å². The van der Waals surface area contributed by atoms with Crippen LogP contribution in [-0.4, -0.2) is 44.6 Å².